The molecule has 25 heavy (non-hydrogen) atoms. The summed E-state index contributed by atoms with van der Waals surface area (Å²) in [6.45, 7) is 2.28. The van der Waals surface area contributed by atoms with Crippen molar-refractivity contribution >= 4 is 52.2 Å². The van der Waals surface area contributed by atoms with Crippen LogP contribution in [0.4, 0.5) is 0 Å². The van der Waals surface area contributed by atoms with E-state index < -0.39 is 26.2 Å². The zero-order chi connectivity index (χ0) is 17.5. The van der Waals surface area contributed by atoms with Gasteiger partial charge in [-0.1, -0.05) is 91.0 Å². The van der Waals surface area contributed by atoms with Crippen LogP contribution in [0.2, 0.25) is 6.55 Å². The topological polar surface area (TPSA) is 18.5 Å². The predicted octanol–water partition coefficient (Wildman–Crippen LogP) is -0.0988. The summed E-state index contributed by atoms with van der Waals surface area (Å²) in [4.78, 5) is 0. The summed E-state index contributed by atoms with van der Waals surface area (Å²) in [6.07, 6.45) is 0. The average molecular weight is 397 g/mol. The molecule has 3 aromatic rings. The minimum absolute atomic E-state index is 0.728. The molecular formula is C19H24O2Si4. The average Bonchev–Trinajstić information content (AvgIpc) is 2.71. The van der Waals surface area contributed by atoms with Crippen LogP contribution in [0.25, 0.3) is 0 Å². The smallest absolute Gasteiger partial charge is 0.252 e. The van der Waals surface area contributed by atoms with Gasteiger partial charge in [-0.2, -0.15) is 0 Å². The van der Waals surface area contributed by atoms with E-state index in [1.165, 1.54) is 15.6 Å². The van der Waals surface area contributed by atoms with Gasteiger partial charge < -0.3 is 8.23 Å². The van der Waals surface area contributed by atoms with Crippen molar-refractivity contribution in [1.29, 1.82) is 0 Å². The lowest BCUT2D eigenvalue weighted by atomic mass is 10.4. The lowest BCUT2D eigenvalue weighted by molar-refractivity contribution is 0.607. The molecule has 0 N–H and O–H groups in total. The summed E-state index contributed by atoms with van der Waals surface area (Å²) in [6, 6.07) is 32.2. The molecule has 3 aromatic carbocycles. The largest absolute Gasteiger partial charge is 0.458 e. The van der Waals surface area contributed by atoms with Crippen LogP contribution in [0.1, 0.15) is 0 Å². The summed E-state index contributed by atoms with van der Waals surface area (Å²) < 4.78 is 13.1. The molecule has 1 unspecified atom stereocenters. The molecule has 0 bridgehead atoms. The van der Waals surface area contributed by atoms with Gasteiger partial charge in [-0.15, -0.1) is 0 Å². The molecule has 1 atom stereocenters. The Hall–Kier alpha value is -1.55. The van der Waals surface area contributed by atoms with Gasteiger partial charge in [0.2, 0.25) is 0 Å². The molecule has 0 saturated carbocycles. The van der Waals surface area contributed by atoms with Crippen LogP contribution in [0, 0.1) is 0 Å². The maximum atomic E-state index is 6.63. The van der Waals surface area contributed by atoms with Gasteiger partial charge in [-0.25, -0.2) is 0 Å². The zero-order valence-electron chi connectivity index (χ0n) is 14.8. The van der Waals surface area contributed by atoms with E-state index in [-0.39, 0.29) is 0 Å². The van der Waals surface area contributed by atoms with Gasteiger partial charge >= 0.3 is 0 Å². The summed E-state index contributed by atoms with van der Waals surface area (Å²) in [5, 5.41) is 4.06. The Morgan fingerprint density at radius 2 is 1.20 bits per heavy atom. The number of benzene rings is 3. The van der Waals surface area contributed by atoms with Crippen molar-refractivity contribution in [2.45, 2.75) is 6.55 Å². The highest BCUT2D eigenvalue weighted by atomic mass is 29.2. The van der Waals surface area contributed by atoms with E-state index in [4.69, 9.17) is 8.23 Å². The van der Waals surface area contributed by atoms with E-state index in [2.05, 4.69) is 97.5 Å². The lowest BCUT2D eigenvalue weighted by Gasteiger charge is -2.32. The van der Waals surface area contributed by atoms with Crippen LogP contribution < -0.4 is 15.6 Å². The standard InChI is InChI=1S/C19H24O2Si4/c1-24(17-11-5-2-6-12-17)21-23-25(20-22,18-13-7-3-8-14-18)19-15-9-4-10-16-19/h2-16,24H,23H2,1,22H3. The highest BCUT2D eigenvalue weighted by Crippen LogP contribution is 2.07. The monoisotopic (exact) mass is 396 g/mol. The van der Waals surface area contributed by atoms with E-state index in [0.717, 1.165) is 10.5 Å². The Labute approximate surface area is 158 Å². The Balaban J connectivity index is 1.92. The first kappa shape index (κ1) is 18.2. The molecule has 0 radical (unpaired) electrons. The first-order valence-corrected chi connectivity index (χ1v) is 16.4. The van der Waals surface area contributed by atoms with Crippen molar-refractivity contribution in [3.63, 3.8) is 0 Å². The lowest BCUT2D eigenvalue weighted by Crippen LogP contribution is -2.67. The highest BCUT2D eigenvalue weighted by Gasteiger charge is 2.39. The molecule has 3 rings (SSSR count). The molecule has 0 aliphatic heterocycles. The Morgan fingerprint density at radius 3 is 1.64 bits per heavy atom. The van der Waals surface area contributed by atoms with E-state index in [9.17, 15) is 0 Å². The van der Waals surface area contributed by atoms with Crippen molar-refractivity contribution in [2.24, 2.45) is 0 Å². The summed E-state index contributed by atoms with van der Waals surface area (Å²) in [5.74, 6) is 0. The molecule has 0 aromatic heterocycles. The third-order valence-corrected chi connectivity index (χ3v) is 22.1. The predicted molar refractivity (Wildman–Crippen MR) is 118 cm³/mol. The normalized spacial score (nSPS) is 13.3. The van der Waals surface area contributed by atoms with Crippen LogP contribution in [0.5, 0.6) is 0 Å². The van der Waals surface area contributed by atoms with E-state index in [0.29, 0.717) is 0 Å². The Morgan fingerprint density at radius 1 is 0.760 bits per heavy atom. The Kier molecular flexibility index (Phi) is 6.35. The molecule has 0 fully saturated rings. The van der Waals surface area contributed by atoms with Gasteiger partial charge in [0.15, 0.2) is 18.3 Å². The zero-order valence-corrected chi connectivity index (χ0v) is 20.3. The van der Waals surface area contributed by atoms with E-state index in [1.807, 2.05) is 0 Å². The minimum atomic E-state index is -2.20. The van der Waals surface area contributed by atoms with E-state index >= 15 is 0 Å². The van der Waals surface area contributed by atoms with Crippen molar-refractivity contribution in [3.8, 4) is 0 Å². The fourth-order valence-electron chi connectivity index (χ4n) is 3.11. The van der Waals surface area contributed by atoms with Gasteiger partial charge in [0.05, 0.1) is 0 Å². The van der Waals surface area contributed by atoms with Gasteiger partial charge in [0, 0.05) is 0 Å². The van der Waals surface area contributed by atoms with Gasteiger partial charge in [-0.3, -0.25) is 0 Å². The molecule has 6 heteroatoms. The van der Waals surface area contributed by atoms with Crippen LogP contribution in [-0.2, 0) is 8.23 Å². The van der Waals surface area contributed by atoms with Crippen molar-refractivity contribution < 1.29 is 8.23 Å². The Bertz CT molecular complexity index is 730. The summed E-state index contributed by atoms with van der Waals surface area (Å²) in [5.41, 5.74) is 0. The molecule has 0 heterocycles. The minimum Gasteiger partial charge on any atom is -0.458 e. The fraction of sp³-hybridized carbons (Fsp3) is 0.0526. The third kappa shape index (κ3) is 4.17. The molecule has 0 saturated heterocycles. The highest BCUT2D eigenvalue weighted by molar-refractivity contribution is 7.34. The van der Waals surface area contributed by atoms with Crippen molar-refractivity contribution in [2.75, 3.05) is 0 Å². The van der Waals surface area contributed by atoms with Crippen LogP contribution in [0.3, 0.4) is 0 Å². The molecule has 128 valence electrons. The van der Waals surface area contributed by atoms with Gasteiger partial charge in [0.25, 0.3) is 7.83 Å². The number of hydrogen-bond acceptors (Lipinski definition) is 2. The molecule has 0 amide bonds. The molecular weight excluding hydrogens is 373 g/mol. The number of hydrogen-bond donors (Lipinski definition) is 0. The van der Waals surface area contributed by atoms with Crippen LogP contribution in [-0.4, -0.2) is 36.6 Å². The molecule has 0 aliphatic rings. The van der Waals surface area contributed by atoms with Crippen LogP contribution in [0.15, 0.2) is 91.0 Å². The second kappa shape index (κ2) is 8.70. The molecule has 0 aliphatic carbocycles. The number of rotatable bonds is 7. The molecule has 0 spiro atoms. The van der Waals surface area contributed by atoms with Gasteiger partial charge in [0.1, 0.15) is 10.5 Å². The van der Waals surface area contributed by atoms with Gasteiger partial charge in [-0.05, 0) is 22.1 Å². The second-order valence-corrected chi connectivity index (χ2v) is 18.0. The third-order valence-electron chi connectivity index (χ3n) is 4.63. The molecule has 2 nitrogen and oxygen atoms in total. The SMILES string of the molecule is C[SiH](O[SiH2][Si](O[SiH3])(c1ccccc1)c1ccccc1)c1ccccc1. The first-order chi connectivity index (χ1) is 12.3. The first-order valence-electron chi connectivity index (χ1n) is 8.59. The maximum Gasteiger partial charge on any atom is 0.252 e. The van der Waals surface area contributed by atoms with Crippen molar-refractivity contribution in [3.05, 3.63) is 91.0 Å². The summed E-state index contributed by atoms with van der Waals surface area (Å²) in [7, 11) is -3.72. The quantitative estimate of drug-likeness (QED) is 0.519. The van der Waals surface area contributed by atoms with Crippen molar-refractivity contribution in [1.82, 2.24) is 0 Å². The summed E-state index contributed by atoms with van der Waals surface area (Å²) >= 11 is 0. The fourth-order valence-corrected chi connectivity index (χ4v) is 18.9. The maximum absolute atomic E-state index is 6.63. The van der Waals surface area contributed by atoms with Crippen LogP contribution >= 0.6 is 0 Å². The second-order valence-electron chi connectivity index (χ2n) is 6.13. The van der Waals surface area contributed by atoms with E-state index in [1.54, 1.807) is 0 Å².